The van der Waals surface area contributed by atoms with Crippen molar-refractivity contribution in [2.75, 3.05) is 0 Å². The van der Waals surface area contributed by atoms with Crippen LogP contribution in [-0.2, 0) is 22.4 Å². The van der Waals surface area contributed by atoms with E-state index >= 15 is 0 Å². The topological polar surface area (TPSA) is 71.4 Å². The zero-order chi connectivity index (χ0) is 14.6. The number of carboxylic acid groups (broad SMARTS) is 1. The van der Waals surface area contributed by atoms with Crippen LogP contribution in [-0.4, -0.2) is 24.7 Å². The van der Waals surface area contributed by atoms with Crippen LogP contribution in [0.2, 0.25) is 0 Å². The van der Waals surface area contributed by atoms with Gasteiger partial charge in [-0.2, -0.15) is 13.2 Å². The van der Waals surface area contributed by atoms with E-state index in [0.717, 1.165) is 0 Å². The molecular formula is C11H9F3O4S. The molecule has 0 bridgehead atoms. The van der Waals surface area contributed by atoms with Crippen molar-refractivity contribution in [2.24, 2.45) is 0 Å². The van der Waals surface area contributed by atoms with Crippen molar-refractivity contribution >= 4 is 15.8 Å². The molecule has 104 valence electrons. The fourth-order valence-electron chi connectivity index (χ4n) is 2.19. The molecule has 1 unspecified atom stereocenters. The number of carbonyl (C=O) groups is 1. The Morgan fingerprint density at radius 3 is 2.42 bits per heavy atom. The van der Waals surface area contributed by atoms with Gasteiger partial charge in [0.15, 0.2) is 9.84 Å². The van der Waals surface area contributed by atoms with Gasteiger partial charge in [0.2, 0.25) is 0 Å². The predicted octanol–water partition coefficient (Wildman–Crippen LogP) is 2.12. The zero-order valence-electron chi connectivity index (χ0n) is 9.65. The molecule has 1 atom stereocenters. The van der Waals surface area contributed by atoms with Crippen molar-refractivity contribution in [1.29, 1.82) is 0 Å². The van der Waals surface area contributed by atoms with Crippen molar-refractivity contribution in [3.8, 4) is 0 Å². The third-order valence-corrected chi connectivity index (χ3v) is 5.36. The Balaban J connectivity index is 2.87. The number of aromatic carboxylic acids is 1. The second-order valence-corrected chi connectivity index (χ2v) is 6.63. The molecule has 0 aromatic heterocycles. The normalized spacial score (nSPS) is 21.2. The minimum atomic E-state index is -4.71. The molecule has 0 saturated heterocycles. The smallest absolute Gasteiger partial charge is 0.416 e. The van der Waals surface area contributed by atoms with Crippen molar-refractivity contribution in [2.45, 2.75) is 29.7 Å². The van der Waals surface area contributed by atoms with Gasteiger partial charge in [-0.1, -0.05) is 0 Å². The molecule has 0 radical (unpaired) electrons. The summed E-state index contributed by atoms with van der Waals surface area (Å²) < 4.78 is 62.4. The lowest BCUT2D eigenvalue weighted by molar-refractivity contribution is -0.138. The SMILES string of the molecule is CC1Cc2c(C(F)(F)F)ccc(C(=O)O)c2S1(=O)=O. The highest BCUT2D eigenvalue weighted by atomic mass is 32.2. The van der Waals surface area contributed by atoms with E-state index < -0.39 is 48.8 Å². The molecule has 1 heterocycles. The molecule has 1 aliphatic heterocycles. The molecule has 1 aromatic rings. The molecule has 0 fully saturated rings. The average molecular weight is 294 g/mol. The summed E-state index contributed by atoms with van der Waals surface area (Å²) in [5.41, 5.74) is -2.13. The van der Waals surface area contributed by atoms with E-state index in [1.807, 2.05) is 0 Å². The second kappa shape index (κ2) is 3.96. The van der Waals surface area contributed by atoms with E-state index in [-0.39, 0.29) is 6.42 Å². The Morgan fingerprint density at radius 1 is 1.37 bits per heavy atom. The molecule has 4 nitrogen and oxygen atoms in total. The first kappa shape index (κ1) is 13.9. The number of rotatable bonds is 1. The summed E-state index contributed by atoms with van der Waals surface area (Å²) in [5, 5.41) is 7.86. The molecule has 2 rings (SSSR count). The average Bonchev–Trinajstić information content (AvgIpc) is 2.48. The zero-order valence-corrected chi connectivity index (χ0v) is 10.5. The van der Waals surface area contributed by atoms with Gasteiger partial charge in [0, 0.05) is 0 Å². The highest BCUT2D eigenvalue weighted by Crippen LogP contribution is 2.42. The van der Waals surface area contributed by atoms with Crippen LogP contribution in [0.1, 0.15) is 28.4 Å². The lowest BCUT2D eigenvalue weighted by atomic mass is 10.00. The van der Waals surface area contributed by atoms with Gasteiger partial charge >= 0.3 is 12.1 Å². The van der Waals surface area contributed by atoms with Crippen LogP contribution in [0, 0.1) is 0 Å². The summed E-state index contributed by atoms with van der Waals surface area (Å²) in [4.78, 5) is 10.3. The maximum absolute atomic E-state index is 12.8. The highest BCUT2D eigenvalue weighted by molar-refractivity contribution is 7.92. The molecule has 1 aliphatic rings. The van der Waals surface area contributed by atoms with E-state index in [4.69, 9.17) is 5.11 Å². The lowest BCUT2D eigenvalue weighted by Gasteiger charge is -2.12. The van der Waals surface area contributed by atoms with Crippen LogP contribution < -0.4 is 0 Å². The molecular weight excluding hydrogens is 285 g/mol. The maximum Gasteiger partial charge on any atom is 0.416 e. The first-order chi connectivity index (χ1) is 8.56. The minimum absolute atomic E-state index is 0.326. The number of benzene rings is 1. The van der Waals surface area contributed by atoms with E-state index in [0.29, 0.717) is 12.1 Å². The molecule has 0 amide bonds. The summed E-state index contributed by atoms with van der Waals surface area (Å²) in [7, 11) is -4.02. The van der Waals surface area contributed by atoms with Gasteiger partial charge in [-0.15, -0.1) is 0 Å². The number of hydrogen-bond donors (Lipinski definition) is 1. The molecule has 19 heavy (non-hydrogen) atoms. The first-order valence-electron chi connectivity index (χ1n) is 5.27. The molecule has 1 N–H and O–H groups in total. The minimum Gasteiger partial charge on any atom is -0.478 e. The molecule has 0 spiro atoms. The quantitative estimate of drug-likeness (QED) is 0.861. The van der Waals surface area contributed by atoms with Gasteiger partial charge in [0.1, 0.15) is 0 Å². The van der Waals surface area contributed by atoms with Crippen LogP contribution >= 0.6 is 0 Å². The summed E-state index contributed by atoms with van der Waals surface area (Å²) in [6.45, 7) is 1.26. The van der Waals surface area contributed by atoms with Crippen molar-refractivity contribution in [1.82, 2.24) is 0 Å². The third kappa shape index (κ3) is 1.99. The summed E-state index contributed by atoms with van der Waals surface area (Å²) in [6.07, 6.45) is -5.03. The van der Waals surface area contributed by atoms with Crippen LogP contribution in [0.15, 0.2) is 17.0 Å². The number of alkyl halides is 3. The Labute approximate surface area is 106 Å². The van der Waals surface area contributed by atoms with Gasteiger partial charge in [0.25, 0.3) is 0 Å². The van der Waals surface area contributed by atoms with E-state index in [1.165, 1.54) is 6.92 Å². The monoisotopic (exact) mass is 294 g/mol. The highest BCUT2D eigenvalue weighted by Gasteiger charge is 2.44. The molecule has 8 heteroatoms. The fourth-order valence-corrected chi connectivity index (χ4v) is 3.97. The fraction of sp³-hybridized carbons (Fsp3) is 0.364. The van der Waals surface area contributed by atoms with E-state index in [1.54, 1.807) is 0 Å². The Kier molecular flexibility index (Phi) is 2.89. The molecule has 0 saturated carbocycles. The largest absolute Gasteiger partial charge is 0.478 e. The van der Waals surface area contributed by atoms with Crippen molar-refractivity contribution in [3.05, 3.63) is 28.8 Å². The first-order valence-corrected chi connectivity index (χ1v) is 6.81. The molecule has 1 aromatic carbocycles. The predicted molar refractivity (Wildman–Crippen MR) is 58.8 cm³/mol. The number of hydrogen-bond acceptors (Lipinski definition) is 3. The van der Waals surface area contributed by atoms with Crippen molar-refractivity contribution < 1.29 is 31.5 Å². The Morgan fingerprint density at radius 2 is 1.95 bits per heavy atom. The van der Waals surface area contributed by atoms with Gasteiger partial charge in [0.05, 0.1) is 21.3 Å². The second-order valence-electron chi connectivity index (χ2n) is 4.33. The summed E-state index contributed by atoms with van der Waals surface area (Å²) in [5.74, 6) is -1.55. The van der Waals surface area contributed by atoms with E-state index in [2.05, 4.69) is 0 Å². The lowest BCUT2D eigenvalue weighted by Crippen LogP contribution is -2.14. The van der Waals surface area contributed by atoms with Crippen LogP contribution in [0.25, 0.3) is 0 Å². The van der Waals surface area contributed by atoms with E-state index in [9.17, 15) is 26.4 Å². The Hall–Kier alpha value is -1.57. The van der Waals surface area contributed by atoms with Gasteiger partial charge in [-0.3, -0.25) is 0 Å². The third-order valence-electron chi connectivity index (χ3n) is 3.10. The van der Waals surface area contributed by atoms with Crippen LogP contribution in [0.5, 0.6) is 0 Å². The number of fused-ring (bicyclic) bond motifs is 1. The van der Waals surface area contributed by atoms with Crippen LogP contribution in [0.3, 0.4) is 0 Å². The molecule has 0 aliphatic carbocycles. The summed E-state index contributed by atoms with van der Waals surface area (Å²) in [6, 6.07) is 1.31. The summed E-state index contributed by atoms with van der Waals surface area (Å²) >= 11 is 0. The number of sulfone groups is 1. The standard InChI is InChI=1S/C11H9F3O4S/c1-5-4-7-8(11(12,13)14)3-2-6(10(15)16)9(7)19(5,17)18/h2-3,5H,4H2,1H3,(H,15,16). The van der Waals surface area contributed by atoms with Gasteiger partial charge in [-0.05, 0) is 31.0 Å². The van der Waals surface area contributed by atoms with Gasteiger partial charge < -0.3 is 5.11 Å². The van der Waals surface area contributed by atoms with Crippen molar-refractivity contribution in [3.63, 3.8) is 0 Å². The maximum atomic E-state index is 12.8. The Bertz CT molecular complexity index is 661. The number of carboxylic acids is 1. The number of halogens is 3. The van der Waals surface area contributed by atoms with Gasteiger partial charge in [-0.25, -0.2) is 13.2 Å². The van der Waals surface area contributed by atoms with Crippen LogP contribution in [0.4, 0.5) is 13.2 Å².